The molecule has 0 aromatic rings. The van der Waals surface area contributed by atoms with Crippen molar-refractivity contribution < 1.29 is 15.3 Å². The molecule has 3 fully saturated rings. The van der Waals surface area contributed by atoms with Crippen molar-refractivity contribution in [2.24, 2.45) is 28.6 Å². The third kappa shape index (κ3) is 3.11. The zero-order chi connectivity index (χ0) is 19.2. The number of aliphatic hydroxyl groups is 3. The van der Waals surface area contributed by atoms with Crippen LogP contribution in [0, 0.1) is 28.6 Å². The van der Waals surface area contributed by atoms with Crippen molar-refractivity contribution in [1.82, 2.24) is 4.90 Å². The van der Waals surface area contributed by atoms with Gasteiger partial charge in [-0.2, -0.15) is 0 Å². The van der Waals surface area contributed by atoms with Gasteiger partial charge in [0, 0.05) is 19.1 Å². The first-order chi connectivity index (χ1) is 12.9. The predicted molar refractivity (Wildman–Crippen MR) is 107 cm³/mol. The number of rotatable bonds is 5. The third-order valence-corrected chi connectivity index (χ3v) is 9.24. The van der Waals surface area contributed by atoms with E-state index >= 15 is 0 Å². The van der Waals surface area contributed by atoms with Crippen molar-refractivity contribution >= 4 is 0 Å². The Bertz CT molecular complexity index is 572. The quantitative estimate of drug-likeness (QED) is 0.645. The summed E-state index contributed by atoms with van der Waals surface area (Å²) in [5.41, 5.74) is 2.15. The Hall–Kier alpha value is -0.420. The lowest BCUT2D eigenvalue weighted by molar-refractivity contribution is -0.0621. The average Bonchev–Trinajstić information content (AvgIpc) is 2.99. The molecule has 4 nitrogen and oxygen atoms in total. The van der Waals surface area contributed by atoms with E-state index in [-0.39, 0.29) is 19.3 Å². The first-order valence-corrected chi connectivity index (χ1v) is 11.3. The van der Waals surface area contributed by atoms with Crippen molar-refractivity contribution in [1.29, 1.82) is 0 Å². The van der Waals surface area contributed by atoms with Gasteiger partial charge in [-0.05, 0) is 80.0 Å². The van der Waals surface area contributed by atoms with Crippen LogP contribution in [0.1, 0.15) is 65.2 Å². The molecule has 0 aromatic carbocycles. The predicted octanol–water partition coefficient (Wildman–Crippen LogP) is 2.97. The summed E-state index contributed by atoms with van der Waals surface area (Å²) in [5.74, 6) is 2.29. The summed E-state index contributed by atoms with van der Waals surface area (Å²) >= 11 is 0. The summed E-state index contributed by atoms with van der Waals surface area (Å²) in [4.78, 5) is 2.36. The fourth-order valence-corrected chi connectivity index (χ4v) is 7.89. The Morgan fingerprint density at radius 3 is 2.44 bits per heavy atom. The third-order valence-electron chi connectivity index (χ3n) is 9.24. The van der Waals surface area contributed by atoms with E-state index in [0.717, 1.165) is 37.0 Å². The topological polar surface area (TPSA) is 63.9 Å². The molecule has 0 radical (unpaired) electrons. The van der Waals surface area contributed by atoms with Gasteiger partial charge in [-0.25, -0.2) is 0 Å². The Labute approximate surface area is 164 Å². The van der Waals surface area contributed by atoms with Gasteiger partial charge >= 0.3 is 0 Å². The molecule has 0 spiro atoms. The van der Waals surface area contributed by atoms with E-state index in [4.69, 9.17) is 0 Å². The Morgan fingerprint density at radius 2 is 1.74 bits per heavy atom. The molecule has 0 saturated heterocycles. The van der Waals surface area contributed by atoms with Crippen molar-refractivity contribution in [2.75, 3.05) is 26.3 Å². The molecule has 154 valence electrons. The fraction of sp³-hybridized carbons (Fsp3) is 0.913. The number of hydrogen-bond acceptors (Lipinski definition) is 4. The second-order valence-corrected chi connectivity index (χ2v) is 10.3. The number of nitrogens with zero attached hydrogens (tertiary/aromatic N) is 1. The van der Waals surface area contributed by atoms with Gasteiger partial charge in [-0.3, -0.25) is 4.90 Å². The smallest absolute Gasteiger partial charge is 0.0577 e. The van der Waals surface area contributed by atoms with Crippen molar-refractivity contribution in [3.8, 4) is 0 Å². The minimum absolute atomic E-state index is 0.129. The number of fused-ring (bicyclic) bond motifs is 5. The van der Waals surface area contributed by atoms with Crippen molar-refractivity contribution in [2.45, 2.75) is 77.4 Å². The number of allylic oxidation sites excluding steroid dienone is 1. The SMILES string of the molecule is C[C@@]12CC[C@@H]3[C@H](CC=C4C[C@@H](O)CC[C@@]43C)[C@H]1CC[C@H]2N(CCO)CCO. The maximum Gasteiger partial charge on any atom is 0.0577 e. The zero-order valence-electron chi connectivity index (χ0n) is 17.2. The minimum Gasteiger partial charge on any atom is -0.395 e. The summed E-state index contributed by atoms with van der Waals surface area (Å²) < 4.78 is 0. The molecule has 27 heavy (non-hydrogen) atoms. The molecular formula is C23H39NO3. The van der Waals surface area contributed by atoms with Crippen LogP contribution in [0.15, 0.2) is 11.6 Å². The van der Waals surface area contributed by atoms with Gasteiger partial charge in [0.2, 0.25) is 0 Å². The van der Waals surface area contributed by atoms with Crippen LogP contribution in [0.4, 0.5) is 0 Å². The van der Waals surface area contributed by atoms with Crippen LogP contribution in [-0.2, 0) is 0 Å². The molecular weight excluding hydrogens is 338 g/mol. The van der Waals surface area contributed by atoms with Gasteiger partial charge < -0.3 is 15.3 Å². The van der Waals surface area contributed by atoms with Crippen LogP contribution in [0.5, 0.6) is 0 Å². The van der Waals surface area contributed by atoms with E-state index in [0.29, 0.717) is 30.0 Å². The van der Waals surface area contributed by atoms with E-state index in [1.807, 2.05) is 0 Å². The highest BCUT2D eigenvalue weighted by Crippen LogP contribution is 2.65. The molecule has 0 unspecified atom stereocenters. The van der Waals surface area contributed by atoms with E-state index in [2.05, 4.69) is 24.8 Å². The van der Waals surface area contributed by atoms with Gasteiger partial charge in [-0.15, -0.1) is 0 Å². The molecule has 0 aromatic heterocycles. The molecule has 4 aliphatic carbocycles. The van der Waals surface area contributed by atoms with E-state index in [1.165, 1.54) is 32.1 Å². The minimum atomic E-state index is -0.129. The zero-order valence-corrected chi connectivity index (χ0v) is 17.2. The Balaban J connectivity index is 1.58. The highest BCUT2D eigenvalue weighted by molar-refractivity contribution is 5.25. The van der Waals surface area contributed by atoms with Gasteiger partial charge in [0.05, 0.1) is 19.3 Å². The number of hydrogen-bond donors (Lipinski definition) is 3. The monoisotopic (exact) mass is 377 g/mol. The maximum absolute atomic E-state index is 10.2. The Kier molecular flexibility index (Phi) is 5.48. The molecule has 3 N–H and O–H groups in total. The lowest BCUT2D eigenvalue weighted by Crippen LogP contribution is -2.54. The van der Waals surface area contributed by atoms with Crippen LogP contribution < -0.4 is 0 Å². The molecule has 4 rings (SSSR count). The summed E-state index contributed by atoms with van der Waals surface area (Å²) in [5, 5.41) is 29.2. The summed E-state index contributed by atoms with van der Waals surface area (Å²) in [6, 6.07) is 0.495. The summed E-state index contributed by atoms with van der Waals surface area (Å²) in [6.07, 6.45) is 11.6. The lowest BCUT2D eigenvalue weighted by atomic mass is 9.47. The molecule has 0 heterocycles. The van der Waals surface area contributed by atoms with Crippen LogP contribution in [0.3, 0.4) is 0 Å². The molecule has 3 saturated carbocycles. The molecule has 7 atom stereocenters. The summed E-state index contributed by atoms with van der Waals surface area (Å²) in [7, 11) is 0. The van der Waals surface area contributed by atoms with Crippen LogP contribution in [0.2, 0.25) is 0 Å². The van der Waals surface area contributed by atoms with E-state index in [9.17, 15) is 15.3 Å². The maximum atomic E-state index is 10.2. The van der Waals surface area contributed by atoms with Crippen molar-refractivity contribution in [3.05, 3.63) is 11.6 Å². The first-order valence-electron chi connectivity index (χ1n) is 11.3. The summed E-state index contributed by atoms with van der Waals surface area (Å²) in [6.45, 7) is 6.70. The van der Waals surface area contributed by atoms with E-state index < -0.39 is 0 Å². The molecule has 0 amide bonds. The highest BCUT2D eigenvalue weighted by Gasteiger charge is 2.59. The normalized spacial score (nSPS) is 46.6. The lowest BCUT2D eigenvalue weighted by Gasteiger charge is -2.58. The second-order valence-electron chi connectivity index (χ2n) is 10.3. The molecule has 0 aliphatic heterocycles. The van der Waals surface area contributed by atoms with E-state index in [1.54, 1.807) is 5.57 Å². The highest BCUT2D eigenvalue weighted by atomic mass is 16.3. The molecule has 0 bridgehead atoms. The standard InChI is InChI=1S/C23H39NO3/c1-22-9-7-17(27)15-16(22)3-4-18-19-5-6-21(24(11-13-25)12-14-26)23(19,2)10-8-20(18)22/h3,17-21,25-27H,4-15H2,1-2H3/t17-,18+,19+,20+,21+,22-,23+/m0/s1. The number of aliphatic hydroxyl groups excluding tert-OH is 3. The van der Waals surface area contributed by atoms with Gasteiger partial charge in [0.1, 0.15) is 0 Å². The van der Waals surface area contributed by atoms with Crippen LogP contribution in [-0.4, -0.2) is 58.7 Å². The molecule has 4 aliphatic rings. The van der Waals surface area contributed by atoms with Gasteiger partial charge in [-0.1, -0.05) is 25.5 Å². The van der Waals surface area contributed by atoms with Gasteiger partial charge in [0.25, 0.3) is 0 Å². The largest absolute Gasteiger partial charge is 0.395 e. The van der Waals surface area contributed by atoms with Gasteiger partial charge in [0.15, 0.2) is 0 Å². The molecule has 4 heteroatoms. The average molecular weight is 378 g/mol. The van der Waals surface area contributed by atoms with Crippen molar-refractivity contribution in [3.63, 3.8) is 0 Å². The Morgan fingerprint density at radius 1 is 1.00 bits per heavy atom. The fourth-order valence-electron chi connectivity index (χ4n) is 7.89. The first kappa shape index (κ1) is 19.9. The van der Waals surface area contributed by atoms with Crippen LogP contribution in [0.25, 0.3) is 0 Å². The van der Waals surface area contributed by atoms with Crippen LogP contribution >= 0.6 is 0 Å². The second kappa shape index (κ2) is 7.44.